The smallest absolute Gasteiger partial charge is 0.341 e. The number of esters is 1. The van der Waals surface area contributed by atoms with E-state index in [-0.39, 0.29) is 17.7 Å². The van der Waals surface area contributed by atoms with E-state index in [4.69, 9.17) is 9.47 Å². The van der Waals surface area contributed by atoms with E-state index < -0.39 is 11.8 Å². The Labute approximate surface area is 152 Å². The summed E-state index contributed by atoms with van der Waals surface area (Å²) in [6, 6.07) is 4.45. The van der Waals surface area contributed by atoms with Gasteiger partial charge in [0.1, 0.15) is 22.8 Å². The van der Waals surface area contributed by atoms with Gasteiger partial charge >= 0.3 is 5.97 Å². The first kappa shape index (κ1) is 18.2. The molecule has 2 aromatic rings. The number of carbonyl (C=O) groups excluding carboxylic acids is 1. The van der Waals surface area contributed by atoms with Crippen LogP contribution in [0.5, 0.6) is 5.75 Å². The Kier molecular flexibility index (Phi) is 4.85. The maximum atomic E-state index is 14.6. The van der Waals surface area contributed by atoms with E-state index in [1.54, 1.807) is 19.1 Å². The molecule has 0 fully saturated rings. The third-order valence-electron chi connectivity index (χ3n) is 4.75. The highest BCUT2D eigenvalue weighted by atomic mass is 19.1. The quantitative estimate of drug-likeness (QED) is 0.744. The molecule has 5 nitrogen and oxygen atoms in total. The van der Waals surface area contributed by atoms with Gasteiger partial charge < -0.3 is 9.47 Å². The summed E-state index contributed by atoms with van der Waals surface area (Å²) in [6.07, 6.45) is 5.39. The van der Waals surface area contributed by atoms with E-state index in [1.165, 1.54) is 24.1 Å². The van der Waals surface area contributed by atoms with Crippen molar-refractivity contribution in [1.29, 1.82) is 0 Å². The number of ether oxygens (including phenoxy) is 2. The number of benzene rings is 1. The second kappa shape index (κ2) is 6.94. The van der Waals surface area contributed by atoms with E-state index in [1.807, 2.05) is 0 Å². The van der Waals surface area contributed by atoms with Gasteiger partial charge in [0.15, 0.2) is 0 Å². The van der Waals surface area contributed by atoms with Crippen LogP contribution < -0.4 is 4.74 Å². The molecule has 1 heterocycles. The maximum absolute atomic E-state index is 14.6. The molecule has 0 saturated carbocycles. The molecule has 0 bridgehead atoms. The number of halogens is 1. The standard InChI is InChI=1S/C20H23FN2O3/c1-5-26-19(24)14-12-22-23(17-11-13(25-4)8-9-16(17)21)18(14)15-7-6-10-20(15,2)3/h7-9,11-12H,5-6,10H2,1-4H3. The number of hydrogen-bond donors (Lipinski definition) is 0. The molecule has 0 amide bonds. The minimum atomic E-state index is -0.458. The molecular weight excluding hydrogens is 335 g/mol. The third-order valence-corrected chi connectivity index (χ3v) is 4.75. The second-order valence-corrected chi connectivity index (χ2v) is 6.90. The number of hydrogen-bond acceptors (Lipinski definition) is 4. The van der Waals surface area contributed by atoms with Crippen LogP contribution >= 0.6 is 0 Å². The summed E-state index contributed by atoms with van der Waals surface area (Å²) < 4.78 is 26.4. The van der Waals surface area contributed by atoms with Crippen LogP contribution in [-0.2, 0) is 4.74 Å². The second-order valence-electron chi connectivity index (χ2n) is 6.90. The molecule has 6 heteroatoms. The van der Waals surface area contributed by atoms with E-state index in [2.05, 4.69) is 25.0 Å². The highest BCUT2D eigenvalue weighted by Gasteiger charge is 2.34. The molecule has 0 radical (unpaired) electrons. The van der Waals surface area contributed by atoms with Crippen molar-refractivity contribution in [3.63, 3.8) is 0 Å². The SMILES string of the molecule is CCOC(=O)c1cnn(-c2cc(OC)ccc2F)c1C1=CCCC1(C)C. The Bertz CT molecular complexity index is 868. The van der Waals surface area contributed by atoms with Crippen LogP contribution in [0.1, 0.15) is 49.7 Å². The van der Waals surface area contributed by atoms with Gasteiger partial charge in [-0.3, -0.25) is 0 Å². The lowest BCUT2D eigenvalue weighted by molar-refractivity contribution is 0.0526. The summed E-state index contributed by atoms with van der Waals surface area (Å²) >= 11 is 0. The van der Waals surface area contributed by atoms with Crippen LogP contribution in [0.15, 0.2) is 30.5 Å². The number of allylic oxidation sites excluding steroid dienone is 2. The normalized spacial score (nSPS) is 15.7. The Hall–Kier alpha value is -2.63. The van der Waals surface area contributed by atoms with Crippen molar-refractivity contribution in [2.24, 2.45) is 5.41 Å². The van der Waals surface area contributed by atoms with Crippen molar-refractivity contribution in [2.45, 2.75) is 33.6 Å². The van der Waals surface area contributed by atoms with Gasteiger partial charge in [0, 0.05) is 6.07 Å². The molecule has 0 unspecified atom stereocenters. The van der Waals surface area contributed by atoms with Gasteiger partial charge in [-0.15, -0.1) is 0 Å². The number of nitrogens with zero attached hydrogens (tertiary/aromatic N) is 2. The zero-order valence-electron chi connectivity index (χ0n) is 15.5. The van der Waals surface area contributed by atoms with Gasteiger partial charge in [-0.1, -0.05) is 19.9 Å². The monoisotopic (exact) mass is 358 g/mol. The van der Waals surface area contributed by atoms with Crippen LogP contribution in [0.2, 0.25) is 0 Å². The molecule has 1 aromatic carbocycles. The van der Waals surface area contributed by atoms with Crippen molar-refractivity contribution in [1.82, 2.24) is 9.78 Å². The number of aromatic nitrogens is 2. The van der Waals surface area contributed by atoms with Crippen LogP contribution in [0.25, 0.3) is 11.3 Å². The van der Waals surface area contributed by atoms with Crippen molar-refractivity contribution >= 4 is 11.5 Å². The maximum Gasteiger partial charge on any atom is 0.341 e. The fourth-order valence-electron chi connectivity index (χ4n) is 3.34. The molecule has 26 heavy (non-hydrogen) atoms. The topological polar surface area (TPSA) is 53.3 Å². The van der Waals surface area contributed by atoms with Gasteiger partial charge in [-0.2, -0.15) is 5.10 Å². The molecule has 0 atom stereocenters. The van der Waals surface area contributed by atoms with Crippen molar-refractivity contribution in [2.75, 3.05) is 13.7 Å². The van der Waals surface area contributed by atoms with E-state index in [0.717, 1.165) is 18.4 Å². The van der Waals surface area contributed by atoms with Crippen LogP contribution in [0.4, 0.5) is 4.39 Å². The number of carbonyl (C=O) groups is 1. The van der Waals surface area contributed by atoms with E-state index in [9.17, 15) is 9.18 Å². The van der Waals surface area contributed by atoms with Crippen molar-refractivity contribution < 1.29 is 18.7 Å². The predicted octanol–water partition coefficient (Wildman–Crippen LogP) is 4.40. The largest absolute Gasteiger partial charge is 0.497 e. The average Bonchev–Trinajstić information content (AvgIpc) is 3.18. The van der Waals surface area contributed by atoms with Crippen molar-refractivity contribution in [3.05, 3.63) is 47.5 Å². The first-order chi connectivity index (χ1) is 12.4. The molecule has 0 spiro atoms. The molecule has 1 aromatic heterocycles. The lowest BCUT2D eigenvalue weighted by Gasteiger charge is -2.24. The summed E-state index contributed by atoms with van der Waals surface area (Å²) in [5, 5.41) is 4.32. The van der Waals surface area contributed by atoms with Gasteiger partial charge in [0.25, 0.3) is 0 Å². The zero-order valence-corrected chi connectivity index (χ0v) is 15.5. The van der Waals surface area contributed by atoms with Crippen molar-refractivity contribution in [3.8, 4) is 11.4 Å². The molecule has 3 rings (SSSR count). The number of rotatable bonds is 5. The number of methoxy groups -OCH3 is 1. The van der Waals surface area contributed by atoms with E-state index >= 15 is 0 Å². The van der Waals surface area contributed by atoms with Crippen LogP contribution in [-0.4, -0.2) is 29.5 Å². The summed E-state index contributed by atoms with van der Waals surface area (Å²) in [5.74, 6) is -0.386. The Morgan fingerprint density at radius 1 is 1.38 bits per heavy atom. The molecule has 0 N–H and O–H groups in total. The molecule has 1 aliphatic carbocycles. The summed E-state index contributed by atoms with van der Waals surface area (Å²) in [6.45, 7) is 6.24. The Morgan fingerprint density at radius 2 is 2.15 bits per heavy atom. The molecule has 138 valence electrons. The van der Waals surface area contributed by atoms with Gasteiger partial charge in [-0.25, -0.2) is 13.9 Å². The third kappa shape index (κ3) is 3.11. The van der Waals surface area contributed by atoms with Crippen LogP contribution in [0.3, 0.4) is 0 Å². The molecular formula is C20H23FN2O3. The lowest BCUT2D eigenvalue weighted by Crippen LogP contribution is -2.16. The Morgan fingerprint density at radius 3 is 2.77 bits per heavy atom. The minimum absolute atomic E-state index is 0.144. The summed E-state index contributed by atoms with van der Waals surface area (Å²) in [4.78, 5) is 12.5. The van der Waals surface area contributed by atoms with Gasteiger partial charge in [-0.05, 0) is 42.9 Å². The van der Waals surface area contributed by atoms with Gasteiger partial charge in [0.2, 0.25) is 0 Å². The lowest BCUT2D eigenvalue weighted by atomic mass is 9.83. The zero-order chi connectivity index (χ0) is 18.9. The Balaban J connectivity index is 2.23. The molecule has 0 aliphatic heterocycles. The fourth-order valence-corrected chi connectivity index (χ4v) is 3.34. The summed E-state index contributed by atoms with van der Waals surface area (Å²) in [5.41, 5.74) is 1.99. The highest BCUT2D eigenvalue weighted by molar-refractivity contribution is 5.95. The highest BCUT2D eigenvalue weighted by Crippen LogP contribution is 2.45. The summed E-state index contributed by atoms with van der Waals surface area (Å²) in [7, 11) is 1.52. The average molecular weight is 358 g/mol. The van der Waals surface area contributed by atoms with Crippen LogP contribution in [0, 0.1) is 11.2 Å². The van der Waals surface area contributed by atoms with Gasteiger partial charge in [0.05, 0.1) is 25.6 Å². The fraction of sp³-hybridized carbons (Fsp3) is 0.400. The minimum Gasteiger partial charge on any atom is -0.497 e. The molecule has 1 aliphatic rings. The van der Waals surface area contributed by atoms with E-state index in [0.29, 0.717) is 17.0 Å². The molecule has 0 saturated heterocycles. The predicted molar refractivity (Wildman–Crippen MR) is 97.0 cm³/mol. The first-order valence-electron chi connectivity index (χ1n) is 8.69. The first-order valence-corrected chi connectivity index (χ1v) is 8.69.